The monoisotopic (exact) mass is 243 g/mol. The van der Waals surface area contributed by atoms with Gasteiger partial charge in [-0.15, -0.1) is 0 Å². The van der Waals surface area contributed by atoms with Gasteiger partial charge in [0.25, 0.3) is 0 Å². The maximum atomic E-state index is 4.76. The number of benzene rings is 1. The zero-order valence-electron chi connectivity index (χ0n) is 12.2. The Bertz CT molecular complexity index is 459. The summed E-state index contributed by atoms with van der Waals surface area (Å²) in [7, 11) is 0. The van der Waals surface area contributed by atoms with Crippen LogP contribution in [0, 0.1) is 6.92 Å². The molecule has 0 aliphatic carbocycles. The van der Waals surface area contributed by atoms with Crippen molar-refractivity contribution in [3.8, 4) is 0 Å². The van der Waals surface area contributed by atoms with Gasteiger partial charge < -0.3 is 0 Å². The van der Waals surface area contributed by atoms with Crippen LogP contribution in [0.1, 0.15) is 64.0 Å². The molecule has 1 aromatic rings. The van der Waals surface area contributed by atoms with Crippen molar-refractivity contribution in [1.29, 1.82) is 0 Å². The SMILES string of the molecule is CCCCCCC1(C)C(C)=Nc2ccc(C)cc21. The van der Waals surface area contributed by atoms with Gasteiger partial charge in [-0.2, -0.15) is 0 Å². The van der Waals surface area contributed by atoms with E-state index in [4.69, 9.17) is 4.99 Å². The highest BCUT2D eigenvalue weighted by Gasteiger charge is 2.36. The molecule has 1 atom stereocenters. The molecule has 0 aromatic heterocycles. The van der Waals surface area contributed by atoms with Crippen molar-refractivity contribution in [2.75, 3.05) is 0 Å². The number of unbranched alkanes of at least 4 members (excludes halogenated alkanes) is 3. The summed E-state index contributed by atoms with van der Waals surface area (Å²) in [5.74, 6) is 0. The van der Waals surface area contributed by atoms with Gasteiger partial charge >= 0.3 is 0 Å². The van der Waals surface area contributed by atoms with Crippen LogP contribution < -0.4 is 0 Å². The van der Waals surface area contributed by atoms with Crippen molar-refractivity contribution in [2.45, 2.75) is 65.2 Å². The Hall–Kier alpha value is -1.11. The second-order valence-corrected chi connectivity index (χ2v) is 5.86. The molecule has 0 saturated heterocycles. The van der Waals surface area contributed by atoms with Gasteiger partial charge in [0, 0.05) is 11.1 Å². The highest BCUT2D eigenvalue weighted by Crippen LogP contribution is 2.43. The van der Waals surface area contributed by atoms with Crippen LogP contribution in [-0.2, 0) is 5.41 Å². The van der Waals surface area contributed by atoms with Crippen molar-refractivity contribution < 1.29 is 0 Å². The van der Waals surface area contributed by atoms with E-state index in [-0.39, 0.29) is 5.41 Å². The molecule has 0 radical (unpaired) electrons. The Morgan fingerprint density at radius 3 is 2.61 bits per heavy atom. The van der Waals surface area contributed by atoms with Crippen molar-refractivity contribution in [3.63, 3.8) is 0 Å². The molecule has 1 aliphatic rings. The van der Waals surface area contributed by atoms with E-state index in [0.717, 1.165) is 0 Å². The average Bonchev–Trinajstić information content (AvgIpc) is 2.59. The summed E-state index contributed by atoms with van der Waals surface area (Å²) in [6.45, 7) is 8.99. The third-order valence-electron chi connectivity index (χ3n) is 4.36. The van der Waals surface area contributed by atoms with Gasteiger partial charge in [-0.05, 0) is 31.9 Å². The molecule has 0 amide bonds. The quantitative estimate of drug-likeness (QED) is 0.620. The summed E-state index contributed by atoms with van der Waals surface area (Å²) >= 11 is 0. The summed E-state index contributed by atoms with van der Waals surface area (Å²) in [6.07, 6.45) is 6.55. The number of nitrogens with zero attached hydrogens (tertiary/aromatic N) is 1. The van der Waals surface area contributed by atoms with E-state index in [1.165, 1.54) is 54.6 Å². The van der Waals surface area contributed by atoms with E-state index in [0.29, 0.717) is 0 Å². The van der Waals surface area contributed by atoms with Gasteiger partial charge in [0.1, 0.15) is 0 Å². The highest BCUT2D eigenvalue weighted by molar-refractivity contribution is 5.99. The van der Waals surface area contributed by atoms with Crippen LogP contribution in [0.3, 0.4) is 0 Å². The zero-order valence-corrected chi connectivity index (χ0v) is 12.2. The molecule has 0 saturated carbocycles. The Balaban J connectivity index is 2.18. The molecule has 98 valence electrons. The van der Waals surface area contributed by atoms with Crippen LogP contribution in [0.2, 0.25) is 0 Å². The fourth-order valence-corrected chi connectivity index (χ4v) is 2.91. The maximum Gasteiger partial charge on any atom is 0.0670 e. The smallest absolute Gasteiger partial charge is 0.0670 e. The lowest BCUT2D eigenvalue weighted by molar-refractivity contribution is 0.523. The summed E-state index contributed by atoms with van der Waals surface area (Å²) < 4.78 is 0. The Morgan fingerprint density at radius 1 is 1.11 bits per heavy atom. The summed E-state index contributed by atoms with van der Waals surface area (Å²) in [5, 5.41) is 0. The minimum absolute atomic E-state index is 0.176. The predicted molar refractivity (Wildman–Crippen MR) is 80.1 cm³/mol. The number of fused-ring (bicyclic) bond motifs is 1. The molecular formula is C17H25N. The lowest BCUT2D eigenvalue weighted by atomic mass is 9.75. The van der Waals surface area contributed by atoms with Gasteiger partial charge in [-0.1, -0.05) is 57.2 Å². The molecule has 0 bridgehead atoms. The van der Waals surface area contributed by atoms with E-state index >= 15 is 0 Å². The van der Waals surface area contributed by atoms with Gasteiger partial charge in [0.15, 0.2) is 0 Å². The van der Waals surface area contributed by atoms with Gasteiger partial charge in [0.05, 0.1) is 5.69 Å². The molecule has 1 nitrogen and oxygen atoms in total. The zero-order chi connectivity index (χ0) is 13.2. The molecule has 1 unspecified atom stereocenters. The second-order valence-electron chi connectivity index (χ2n) is 5.86. The molecule has 1 aromatic carbocycles. The fourth-order valence-electron chi connectivity index (χ4n) is 2.91. The first-order valence-electron chi connectivity index (χ1n) is 7.25. The van der Waals surface area contributed by atoms with Crippen LogP contribution in [0.25, 0.3) is 0 Å². The summed E-state index contributed by atoms with van der Waals surface area (Å²) in [5.41, 5.74) is 5.44. The average molecular weight is 243 g/mol. The first kappa shape index (κ1) is 13.3. The van der Waals surface area contributed by atoms with E-state index in [1.54, 1.807) is 0 Å². The molecular weight excluding hydrogens is 218 g/mol. The van der Waals surface area contributed by atoms with E-state index in [1.807, 2.05) is 0 Å². The maximum absolute atomic E-state index is 4.76. The van der Waals surface area contributed by atoms with E-state index in [9.17, 15) is 0 Å². The number of hydrogen-bond donors (Lipinski definition) is 0. The number of rotatable bonds is 5. The van der Waals surface area contributed by atoms with Crippen LogP contribution >= 0.6 is 0 Å². The first-order valence-corrected chi connectivity index (χ1v) is 7.25. The van der Waals surface area contributed by atoms with Crippen LogP contribution in [0.5, 0.6) is 0 Å². The lowest BCUT2D eigenvalue weighted by Crippen LogP contribution is -2.27. The molecule has 0 N–H and O–H groups in total. The van der Waals surface area contributed by atoms with Crippen LogP contribution in [0.15, 0.2) is 23.2 Å². The second kappa shape index (κ2) is 5.26. The van der Waals surface area contributed by atoms with Crippen LogP contribution in [0.4, 0.5) is 5.69 Å². The van der Waals surface area contributed by atoms with Gasteiger partial charge in [-0.3, -0.25) is 4.99 Å². The molecule has 2 rings (SSSR count). The molecule has 0 spiro atoms. The fraction of sp³-hybridized carbons (Fsp3) is 0.588. The van der Waals surface area contributed by atoms with Gasteiger partial charge in [-0.25, -0.2) is 0 Å². The molecule has 1 heteroatoms. The van der Waals surface area contributed by atoms with E-state index in [2.05, 4.69) is 45.9 Å². The van der Waals surface area contributed by atoms with Crippen molar-refractivity contribution in [3.05, 3.63) is 29.3 Å². The third kappa shape index (κ3) is 2.36. The van der Waals surface area contributed by atoms with Crippen molar-refractivity contribution in [2.24, 2.45) is 4.99 Å². The number of aliphatic imine (C=N–C) groups is 1. The first-order chi connectivity index (χ1) is 8.58. The molecule has 1 heterocycles. The molecule has 0 fully saturated rings. The highest BCUT2D eigenvalue weighted by atomic mass is 14.8. The number of aryl methyl sites for hydroxylation is 1. The number of hydrogen-bond acceptors (Lipinski definition) is 1. The Labute approximate surface area is 111 Å². The van der Waals surface area contributed by atoms with Crippen molar-refractivity contribution in [1.82, 2.24) is 0 Å². The standard InChI is InChI=1S/C17H25N/c1-5-6-7-8-11-17(4)14(3)18-16-10-9-13(2)12-15(16)17/h9-10,12H,5-8,11H2,1-4H3. The summed E-state index contributed by atoms with van der Waals surface area (Å²) in [6, 6.07) is 6.67. The molecule has 1 aliphatic heterocycles. The van der Waals surface area contributed by atoms with Crippen LogP contribution in [-0.4, -0.2) is 5.71 Å². The third-order valence-corrected chi connectivity index (χ3v) is 4.36. The normalized spacial score (nSPS) is 21.9. The molecule has 18 heavy (non-hydrogen) atoms. The van der Waals surface area contributed by atoms with E-state index < -0.39 is 0 Å². The minimum atomic E-state index is 0.176. The topological polar surface area (TPSA) is 12.4 Å². The lowest BCUT2D eigenvalue weighted by Gasteiger charge is -2.26. The Kier molecular flexibility index (Phi) is 3.89. The predicted octanol–water partition coefficient (Wildman–Crippen LogP) is 5.33. The minimum Gasteiger partial charge on any atom is -0.257 e. The largest absolute Gasteiger partial charge is 0.257 e. The van der Waals surface area contributed by atoms with Gasteiger partial charge in [0.2, 0.25) is 0 Å². The van der Waals surface area contributed by atoms with Crippen molar-refractivity contribution >= 4 is 11.4 Å². The summed E-state index contributed by atoms with van der Waals surface area (Å²) in [4.78, 5) is 4.76. The Morgan fingerprint density at radius 2 is 1.89 bits per heavy atom.